The first-order chi connectivity index (χ1) is 8.07. The van der Waals surface area contributed by atoms with Gasteiger partial charge in [0.25, 0.3) is 0 Å². The molecule has 0 aliphatic carbocycles. The molecule has 100 valence electrons. The van der Waals surface area contributed by atoms with Gasteiger partial charge in [0.05, 0.1) is 18.3 Å². The van der Waals surface area contributed by atoms with Crippen LogP contribution in [0.1, 0.15) is 19.8 Å². The minimum Gasteiger partial charge on any atom is -0.411 e. The Morgan fingerprint density at radius 3 is 2.18 bits per heavy atom. The molecule has 0 aromatic rings. The number of carbonyl (C=O) groups excluding carboxylic acids is 1. The van der Waals surface area contributed by atoms with Gasteiger partial charge in [-0.05, 0) is 6.42 Å². The number of nitrogens with one attached hydrogen (secondary N) is 1. The second kappa shape index (κ2) is 8.18. The van der Waals surface area contributed by atoms with Crippen molar-refractivity contribution >= 4 is 20.4 Å². The van der Waals surface area contributed by atoms with E-state index < -0.39 is 8.80 Å². The van der Waals surface area contributed by atoms with E-state index in [2.05, 4.69) is 10.5 Å². The lowest BCUT2D eigenvalue weighted by molar-refractivity contribution is -0.119. The van der Waals surface area contributed by atoms with Crippen LogP contribution in [0.4, 0.5) is 0 Å². The Morgan fingerprint density at radius 2 is 1.82 bits per heavy atom. The van der Waals surface area contributed by atoms with Crippen LogP contribution in [0.2, 0.25) is 0 Å². The lowest BCUT2D eigenvalue weighted by Crippen LogP contribution is -2.53. The lowest BCUT2D eigenvalue weighted by Gasteiger charge is -2.24. The number of amides is 1. The van der Waals surface area contributed by atoms with E-state index in [1.165, 1.54) is 21.3 Å². The zero-order valence-electron chi connectivity index (χ0n) is 10.6. The molecule has 0 aromatic carbocycles. The van der Waals surface area contributed by atoms with E-state index in [-0.39, 0.29) is 18.5 Å². The maximum absolute atomic E-state index is 11.5. The topological polar surface area (TPSA) is 89.4 Å². The van der Waals surface area contributed by atoms with E-state index >= 15 is 0 Å². The SMILES string of the molecule is CCC(CC(=O)NC[Si](OC)(OC)OC)=NO. The van der Waals surface area contributed by atoms with Crippen molar-refractivity contribution in [2.24, 2.45) is 5.16 Å². The minimum atomic E-state index is -2.79. The number of nitrogens with zero attached hydrogens (tertiary/aromatic N) is 1. The zero-order valence-corrected chi connectivity index (χ0v) is 11.6. The summed E-state index contributed by atoms with van der Waals surface area (Å²) in [6.07, 6.45) is 0.748. The number of oxime groups is 1. The third-order valence-electron chi connectivity index (χ3n) is 2.35. The molecule has 17 heavy (non-hydrogen) atoms. The fourth-order valence-electron chi connectivity index (χ4n) is 1.15. The highest BCUT2D eigenvalue weighted by atomic mass is 28.4. The van der Waals surface area contributed by atoms with Crippen molar-refractivity contribution in [2.75, 3.05) is 27.5 Å². The molecule has 0 aliphatic rings. The quantitative estimate of drug-likeness (QED) is 0.282. The molecule has 0 heterocycles. The van der Waals surface area contributed by atoms with Gasteiger partial charge < -0.3 is 23.8 Å². The van der Waals surface area contributed by atoms with Gasteiger partial charge in [0, 0.05) is 21.3 Å². The Bertz CT molecular complexity index is 260. The monoisotopic (exact) mass is 264 g/mol. The van der Waals surface area contributed by atoms with Crippen molar-refractivity contribution < 1.29 is 23.3 Å². The summed E-state index contributed by atoms with van der Waals surface area (Å²) in [5.74, 6) is -0.261. The summed E-state index contributed by atoms with van der Waals surface area (Å²) in [7, 11) is 1.62. The average Bonchev–Trinajstić information content (AvgIpc) is 2.38. The van der Waals surface area contributed by atoms with Gasteiger partial charge in [-0.15, -0.1) is 0 Å². The molecule has 0 bridgehead atoms. The highest BCUT2D eigenvalue weighted by Gasteiger charge is 2.38. The molecule has 7 nitrogen and oxygen atoms in total. The number of hydrogen-bond donors (Lipinski definition) is 2. The Balaban J connectivity index is 4.22. The largest absolute Gasteiger partial charge is 0.520 e. The van der Waals surface area contributed by atoms with Crippen molar-refractivity contribution in [3.05, 3.63) is 0 Å². The smallest absolute Gasteiger partial charge is 0.411 e. The second-order valence-corrected chi connectivity index (χ2v) is 6.21. The second-order valence-electron chi connectivity index (χ2n) is 3.27. The standard InChI is InChI=1S/C9H20N2O5Si/c1-5-8(11-13)6-9(12)10-7-17(14-2,15-3)16-4/h13H,5-7H2,1-4H3,(H,10,12). The first-order valence-corrected chi connectivity index (χ1v) is 7.12. The minimum absolute atomic E-state index is 0.0502. The summed E-state index contributed by atoms with van der Waals surface area (Å²) in [6.45, 7) is 1.81. The van der Waals surface area contributed by atoms with E-state index in [0.29, 0.717) is 12.1 Å². The number of carbonyl (C=O) groups is 1. The summed E-state index contributed by atoms with van der Waals surface area (Å²) in [5.41, 5.74) is 0.419. The maximum Gasteiger partial charge on any atom is 0.520 e. The molecule has 0 unspecified atom stereocenters. The first-order valence-electron chi connectivity index (χ1n) is 5.19. The van der Waals surface area contributed by atoms with Crippen molar-refractivity contribution in [1.29, 1.82) is 0 Å². The van der Waals surface area contributed by atoms with Crippen LogP contribution in [-0.2, 0) is 18.1 Å². The van der Waals surface area contributed by atoms with Crippen molar-refractivity contribution in [3.8, 4) is 0 Å². The third kappa shape index (κ3) is 5.26. The molecule has 0 atom stereocenters. The van der Waals surface area contributed by atoms with Gasteiger partial charge in [-0.2, -0.15) is 0 Å². The molecule has 0 aromatic heterocycles. The molecular formula is C9H20N2O5Si. The molecule has 0 radical (unpaired) electrons. The van der Waals surface area contributed by atoms with Crippen LogP contribution in [0, 0.1) is 0 Å². The fourth-order valence-corrected chi connectivity index (χ4v) is 2.50. The summed E-state index contributed by atoms with van der Waals surface area (Å²) >= 11 is 0. The van der Waals surface area contributed by atoms with Crippen molar-refractivity contribution in [2.45, 2.75) is 19.8 Å². The molecule has 2 N–H and O–H groups in total. The lowest BCUT2D eigenvalue weighted by atomic mass is 10.2. The maximum atomic E-state index is 11.5. The van der Waals surface area contributed by atoms with Gasteiger partial charge in [-0.25, -0.2) is 0 Å². The predicted octanol–water partition coefficient (Wildman–Crippen LogP) is 0.150. The van der Waals surface area contributed by atoms with E-state index in [1.54, 1.807) is 6.92 Å². The summed E-state index contributed by atoms with van der Waals surface area (Å²) < 4.78 is 15.4. The van der Waals surface area contributed by atoms with Crippen LogP contribution in [-0.4, -0.2) is 53.1 Å². The van der Waals surface area contributed by atoms with Gasteiger partial charge in [0.2, 0.25) is 5.91 Å². The molecule has 8 heteroatoms. The highest BCUT2D eigenvalue weighted by Crippen LogP contribution is 2.04. The highest BCUT2D eigenvalue weighted by molar-refractivity contribution is 6.61. The summed E-state index contributed by atoms with van der Waals surface area (Å²) in [5, 5.41) is 14.2. The van der Waals surface area contributed by atoms with Gasteiger partial charge >= 0.3 is 8.80 Å². The van der Waals surface area contributed by atoms with Gasteiger partial charge in [-0.3, -0.25) is 4.79 Å². The van der Waals surface area contributed by atoms with E-state index in [9.17, 15) is 4.79 Å². The van der Waals surface area contributed by atoms with Crippen molar-refractivity contribution in [1.82, 2.24) is 5.32 Å². The van der Waals surface area contributed by atoms with Crippen LogP contribution < -0.4 is 5.32 Å². The summed E-state index contributed by atoms with van der Waals surface area (Å²) in [6, 6.07) is 0. The average molecular weight is 264 g/mol. The van der Waals surface area contributed by atoms with Gasteiger partial charge in [0.15, 0.2) is 0 Å². The molecule has 0 rings (SSSR count). The van der Waals surface area contributed by atoms with Crippen LogP contribution in [0.15, 0.2) is 5.16 Å². The molecule has 0 aliphatic heterocycles. The summed E-state index contributed by atoms with van der Waals surface area (Å²) in [4.78, 5) is 11.5. The Kier molecular flexibility index (Phi) is 7.71. The predicted molar refractivity (Wildman–Crippen MR) is 63.9 cm³/mol. The molecule has 0 fully saturated rings. The Morgan fingerprint density at radius 1 is 1.29 bits per heavy atom. The van der Waals surface area contributed by atoms with Crippen LogP contribution in [0.25, 0.3) is 0 Å². The Labute approximate surface area is 102 Å². The molecule has 1 amide bonds. The van der Waals surface area contributed by atoms with Crippen molar-refractivity contribution in [3.63, 3.8) is 0 Å². The molecular weight excluding hydrogens is 244 g/mol. The molecule has 0 spiro atoms. The number of rotatable bonds is 8. The van der Waals surface area contributed by atoms with Crippen LogP contribution in [0.3, 0.4) is 0 Å². The molecule has 0 saturated heterocycles. The fraction of sp³-hybridized carbons (Fsp3) is 0.778. The van der Waals surface area contributed by atoms with Gasteiger partial charge in [-0.1, -0.05) is 12.1 Å². The number of hydrogen-bond acceptors (Lipinski definition) is 6. The van der Waals surface area contributed by atoms with E-state index in [0.717, 1.165) is 0 Å². The Hall–Kier alpha value is -0.963. The molecule has 0 saturated carbocycles. The normalized spacial score (nSPS) is 12.6. The van der Waals surface area contributed by atoms with E-state index in [4.69, 9.17) is 18.5 Å². The van der Waals surface area contributed by atoms with E-state index in [1.807, 2.05) is 0 Å². The van der Waals surface area contributed by atoms with Gasteiger partial charge in [0.1, 0.15) is 0 Å². The van der Waals surface area contributed by atoms with Crippen LogP contribution >= 0.6 is 0 Å². The van der Waals surface area contributed by atoms with Crippen LogP contribution in [0.5, 0.6) is 0 Å². The first kappa shape index (κ1) is 16.0. The zero-order chi connectivity index (χ0) is 13.3. The third-order valence-corrected chi connectivity index (χ3v) is 4.83.